The Bertz CT molecular complexity index is 876. The van der Waals surface area contributed by atoms with Gasteiger partial charge in [0, 0.05) is 22.9 Å². The van der Waals surface area contributed by atoms with E-state index < -0.39 is 5.60 Å². The van der Waals surface area contributed by atoms with Crippen LogP contribution in [0.2, 0.25) is 0 Å². The largest absolute Gasteiger partial charge is 0.494 e. The van der Waals surface area contributed by atoms with Gasteiger partial charge in [-0.05, 0) is 69.4 Å². The van der Waals surface area contributed by atoms with Crippen LogP contribution in [0, 0.1) is 11.8 Å². The third-order valence-corrected chi connectivity index (χ3v) is 6.71. The Labute approximate surface area is 180 Å². The normalized spacial score (nSPS) is 16.4. The molecule has 0 saturated carbocycles. The number of thioether (sulfide) groups is 1. The van der Waals surface area contributed by atoms with Gasteiger partial charge in [-0.1, -0.05) is 11.8 Å². The molecule has 1 aromatic carbocycles. The second-order valence-electron chi connectivity index (χ2n) is 6.82. The molecule has 2 heterocycles. The summed E-state index contributed by atoms with van der Waals surface area (Å²) in [5.41, 5.74) is -0.0337. The number of rotatable bonds is 4. The van der Waals surface area contributed by atoms with Crippen LogP contribution in [-0.2, 0) is 0 Å². The second kappa shape index (κ2) is 9.19. The smallest absolute Gasteiger partial charge is 0.174 e. The Morgan fingerprint density at radius 2 is 2.07 bits per heavy atom. The molecule has 2 N–H and O–H groups in total. The van der Waals surface area contributed by atoms with Crippen LogP contribution in [0.4, 0.5) is 5.69 Å². The van der Waals surface area contributed by atoms with E-state index in [-0.39, 0.29) is 5.37 Å². The fourth-order valence-electron chi connectivity index (χ4n) is 2.68. The highest BCUT2D eigenvalue weighted by atomic mass is 32.2. The molecule has 1 atom stereocenters. The first kappa shape index (κ1) is 21.0. The van der Waals surface area contributed by atoms with E-state index in [4.69, 9.17) is 17.0 Å². The molecule has 0 aliphatic carbocycles. The van der Waals surface area contributed by atoms with Crippen LogP contribution in [-0.4, -0.2) is 39.6 Å². The van der Waals surface area contributed by atoms with Crippen molar-refractivity contribution in [3.8, 4) is 17.6 Å². The second-order valence-corrected chi connectivity index (χ2v) is 9.51. The topological polar surface area (TPSA) is 44.7 Å². The minimum absolute atomic E-state index is 0.186. The predicted molar refractivity (Wildman–Crippen MR) is 123 cm³/mol. The van der Waals surface area contributed by atoms with Gasteiger partial charge in [-0.3, -0.25) is 0 Å². The van der Waals surface area contributed by atoms with E-state index in [0.29, 0.717) is 6.61 Å². The van der Waals surface area contributed by atoms with Crippen LogP contribution < -0.4 is 10.1 Å². The number of thiophene rings is 1. The van der Waals surface area contributed by atoms with Crippen LogP contribution in [0.3, 0.4) is 0 Å². The number of hydrogen-bond acceptors (Lipinski definition) is 5. The van der Waals surface area contributed by atoms with Crippen molar-refractivity contribution in [3.63, 3.8) is 0 Å². The fraction of sp³-hybridized carbons (Fsp3) is 0.381. The van der Waals surface area contributed by atoms with Crippen LogP contribution in [0.1, 0.15) is 35.9 Å². The number of nitrogens with one attached hydrogen (secondary N) is 1. The van der Waals surface area contributed by atoms with Crippen molar-refractivity contribution < 1.29 is 9.84 Å². The van der Waals surface area contributed by atoms with Crippen molar-refractivity contribution in [3.05, 3.63) is 46.2 Å². The predicted octanol–water partition coefficient (Wildman–Crippen LogP) is 4.71. The molecule has 1 aliphatic rings. The summed E-state index contributed by atoms with van der Waals surface area (Å²) in [4.78, 5) is 4.39. The maximum Gasteiger partial charge on any atom is 0.174 e. The zero-order valence-corrected chi connectivity index (χ0v) is 18.6. The number of hydrogen-bond donors (Lipinski definition) is 2. The summed E-state index contributed by atoms with van der Waals surface area (Å²) >= 11 is 9.21. The molecular formula is C21H24N2O2S3. The Morgan fingerprint density at radius 3 is 2.75 bits per heavy atom. The molecule has 1 unspecified atom stereocenters. The first-order chi connectivity index (χ1) is 13.4. The fourth-order valence-corrected chi connectivity index (χ4v) is 5.42. The number of aliphatic hydroxyl groups is 1. The summed E-state index contributed by atoms with van der Waals surface area (Å²) in [5.74, 6) is 7.81. The van der Waals surface area contributed by atoms with Gasteiger partial charge >= 0.3 is 0 Å². The summed E-state index contributed by atoms with van der Waals surface area (Å²) in [7, 11) is 0. The van der Waals surface area contributed by atoms with Crippen molar-refractivity contribution in [1.82, 2.24) is 4.90 Å². The summed E-state index contributed by atoms with van der Waals surface area (Å²) < 4.78 is 5.48. The lowest BCUT2D eigenvalue weighted by Gasteiger charge is -2.26. The van der Waals surface area contributed by atoms with Gasteiger partial charge in [0.15, 0.2) is 5.11 Å². The monoisotopic (exact) mass is 432 g/mol. The molecule has 4 nitrogen and oxygen atoms in total. The molecule has 0 amide bonds. The van der Waals surface area contributed by atoms with Crippen molar-refractivity contribution in [2.75, 3.05) is 24.2 Å². The molecule has 0 spiro atoms. The highest BCUT2D eigenvalue weighted by Crippen LogP contribution is 2.41. The van der Waals surface area contributed by atoms with Gasteiger partial charge in [-0.15, -0.1) is 23.1 Å². The Kier molecular flexibility index (Phi) is 6.89. The first-order valence-electron chi connectivity index (χ1n) is 9.13. The number of ether oxygens (including phenoxy) is 1. The van der Waals surface area contributed by atoms with E-state index >= 15 is 0 Å². The lowest BCUT2D eigenvalue weighted by atomic mass is 10.1. The van der Waals surface area contributed by atoms with E-state index in [1.165, 1.54) is 4.88 Å². The molecule has 2 aromatic rings. The van der Waals surface area contributed by atoms with Crippen molar-refractivity contribution in [2.24, 2.45) is 0 Å². The molecule has 0 radical (unpaired) electrons. The zero-order valence-electron chi connectivity index (χ0n) is 16.2. The number of thiocarbonyl (C=S) groups is 1. The molecule has 0 bridgehead atoms. The first-order valence-corrected chi connectivity index (χ1v) is 11.4. The summed E-state index contributed by atoms with van der Waals surface area (Å²) in [6.45, 7) is 6.91. The highest BCUT2D eigenvalue weighted by molar-refractivity contribution is 7.99. The Morgan fingerprint density at radius 1 is 1.32 bits per heavy atom. The van der Waals surface area contributed by atoms with Gasteiger partial charge in [-0.2, -0.15) is 0 Å². The molecule has 1 aromatic heterocycles. The standard InChI is InChI=1S/C21H24N2O2S3/c1-4-25-16-7-5-15(6-8-16)22-20(26)23-13-14-27-19(23)18-10-9-17(28-18)11-12-21(2,3)24/h5-10,19,24H,4,13-14H2,1-3H3,(H,22,26). The molecule has 3 rings (SSSR count). The summed E-state index contributed by atoms with van der Waals surface area (Å²) in [5, 5.41) is 14.0. The molecule has 1 fully saturated rings. The van der Waals surface area contributed by atoms with E-state index in [2.05, 4.69) is 28.1 Å². The van der Waals surface area contributed by atoms with Gasteiger partial charge in [0.05, 0.1) is 11.5 Å². The quantitative estimate of drug-likeness (QED) is 0.539. The van der Waals surface area contributed by atoms with Crippen molar-refractivity contribution >= 4 is 46.1 Å². The molecule has 7 heteroatoms. The SMILES string of the molecule is CCOc1ccc(NC(=S)N2CCSC2c2ccc(C#CC(C)(C)O)s2)cc1. The Balaban J connectivity index is 1.67. The minimum atomic E-state index is -0.985. The van der Waals surface area contributed by atoms with Gasteiger partial charge in [0.25, 0.3) is 0 Å². The minimum Gasteiger partial charge on any atom is -0.494 e. The number of anilines is 1. The maximum absolute atomic E-state index is 9.78. The number of benzene rings is 1. The van der Waals surface area contributed by atoms with E-state index in [0.717, 1.165) is 33.7 Å². The van der Waals surface area contributed by atoms with Gasteiger partial charge < -0.3 is 20.1 Å². The average Bonchev–Trinajstić information content (AvgIpc) is 3.30. The average molecular weight is 433 g/mol. The van der Waals surface area contributed by atoms with Crippen LogP contribution in [0.5, 0.6) is 5.75 Å². The van der Waals surface area contributed by atoms with Crippen molar-refractivity contribution in [2.45, 2.75) is 31.7 Å². The highest BCUT2D eigenvalue weighted by Gasteiger charge is 2.29. The van der Waals surface area contributed by atoms with E-state index in [9.17, 15) is 5.11 Å². The van der Waals surface area contributed by atoms with Gasteiger partial charge in [0.2, 0.25) is 0 Å². The summed E-state index contributed by atoms with van der Waals surface area (Å²) in [6.07, 6.45) is 0. The van der Waals surface area contributed by atoms with E-state index in [1.807, 2.05) is 49.0 Å². The van der Waals surface area contributed by atoms with E-state index in [1.54, 1.807) is 25.2 Å². The van der Waals surface area contributed by atoms with Crippen LogP contribution >= 0.6 is 35.3 Å². The summed E-state index contributed by atoms with van der Waals surface area (Å²) in [6, 6.07) is 12.0. The Hall–Kier alpha value is -1.72. The molecule has 28 heavy (non-hydrogen) atoms. The molecular weight excluding hydrogens is 408 g/mol. The maximum atomic E-state index is 9.78. The zero-order chi connectivity index (χ0) is 20.1. The van der Waals surface area contributed by atoms with Crippen LogP contribution in [0.25, 0.3) is 0 Å². The third-order valence-electron chi connectivity index (χ3n) is 3.93. The lowest BCUT2D eigenvalue weighted by molar-refractivity contribution is 0.143. The van der Waals surface area contributed by atoms with Gasteiger partial charge in [-0.25, -0.2) is 0 Å². The third kappa shape index (κ3) is 5.65. The molecule has 148 valence electrons. The molecule has 1 aliphatic heterocycles. The van der Waals surface area contributed by atoms with Gasteiger partial charge in [0.1, 0.15) is 16.7 Å². The van der Waals surface area contributed by atoms with Crippen molar-refractivity contribution in [1.29, 1.82) is 0 Å². The van der Waals surface area contributed by atoms with Crippen LogP contribution in [0.15, 0.2) is 36.4 Å². The number of nitrogens with zero attached hydrogens (tertiary/aromatic N) is 1. The lowest BCUT2D eigenvalue weighted by Crippen LogP contribution is -2.33. The molecule has 1 saturated heterocycles.